The first-order valence-electron chi connectivity index (χ1n) is 4.94. The molecule has 0 aliphatic rings. The third-order valence-corrected chi connectivity index (χ3v) is 2.60. The van der Waals surface area contributed by atoms with Gasteiger partial charge in [-0.05, 0) is 18.2 Å². The molecule has 4 heteroatoms. The van der Waals surface area contributed by atoms with Gasteiger partial charge in [-0.3, -0.25) is 4.98 Å². The minimum atomic E-state index is 0.465. The number of nitriles is 1. The second-order valence-electron chi connectivity index (χ2n) is 3.39. The van der Waals surface area contributed by atoms with Crippen LogP contribution in [-0.2, 0) is 0 Å². The number of benzene rings is 1. The Hall–Kier alpha value is -2.05. The highest BCUT2D eigenvalue weighted by Gasteiger charge is 2.06. The number of aromatic nitrogens is 1. The second-order valence-corrected chi connectivity index (χ2v) is 3.82. The van der Waals surface area contributed by atoms with Gasteiger partial charge >= 0.3 is 0 Å². The summed E-state index contributed by atoms with van der Waals surface area (Å²) in [6.07, 6.45) is 1.54. The van der Waals surface area contributed by atoms with E-state index in [-0.39, 0.29) is 0 Å². The van der Waals surface area contributed by atoms with Crippen LogP contribution in [0.1, 0.15) is 5.56 Å². The normalized spacial score (nSPS) is 9.71. The Morgan fingerprint density at radius 2 is 2.00 bits per heavy atom. The molecule has 0 aliphatic heterocycles. The highest BCUT2D eigenvalue weighted by atomic mass is 35.5. The lowest BCUT2D eigenvalue weighted by atomic mass is 10.1. The molecule has 3 nitrogen and oxygen atoms in total. The monoisotopic (exact) mass is 244 g/mol. The largest absolute Gasteiger partial charge is 0.494 e. The number of hydrogen-bond donors (Lipinski definition) is 0. The number of nitrogens with zero attached hydrogens (tertiary/aromatic N) is 2. The fourth-order valence-electron chi connectivity index (χ4n) is 1.47. The minimum absolute atomic E-state index is 0.465. The molecule has 2 rings (SSSR count). The van der Waals surface area contributed by atoms with Gasteiger partial charge in [0, 0.05) is 10.6 Å². The maximum absolute atomic E-state index is 8.99. The van der Waals surface area contributed by atoms with Gasteiger partial charge < -0.3 is 4.74 Å². The highest BCUT2D eigenvalue weighted by Crippen LogP contribution is 2.24. The molecule has 1 heterocycles. The topological polar surface area (TPSA) is 45.9 Å². The van der Waals surface area contributed by atoms with Crippen molar-refractivity contribution in [3.63, 3.8) is 0 Å². The molecule has 1 aromatic heterocycles. The zero-order chi connectivity index (χ0) is 12.3. The summed E-state index contributed by atoms with van der Waals surface area (Å²) in [5, 5.41) is 9.66. The Balaban J connectivity index is 2.47. The Bertz CT molecular complexity index is 573. The van der Waals surface area contributed by atoms with E-state index in [2.05, 4.69) is 11.1 Å². The minimum Gasteiger partial charge on any atom is -0.494 e. The first-order valence-corrected chi connectivity index (χ1v) is 5.32. The van der Waals surface area contributed by atoms with E-state index >= 15 is 0 Å². The van der Waals surface area contributed by atoms with Crippen molar-refractivity contribution in [1.29, 1.82) is 5.26 Å². The van der Waals surface area contributed by atoms with Gasteiger partial charge in [0.15, 0.2) is 5.75 Å². The molecule has 0 spiro atoms. The van der Waals surface area contributed by atoms with Gasteiger partial charge in [0.1, 0.15) is 6.07 Å². The van der Waals surface area contributed by atoms with E-state index < -0.39 is 0 Å². The second kappa shape index (κ2) is 4.86. The number of hydrogen-bond acceptors (Lipinski definition) is 3. The fraction of sp³-hybridized carbons (Fsp3) is 0.0769. The lowest BCUT2D eigenvalue weighted by molar-refractivity contribution is 0.411. The van der Waals surface area contributed by atoms with Crippen LogP contribution >= 0.6 is 11.6 Å². The molecule has 17 heavy (non-hydrogen) atoms. The smallest absolute Gasteiger partial charge is 0.154 e. The summed E-state index contributed by atoms with van der Waals surface area (Å²) in [7, 11) is 1.51. The summed E-state index contributed by atoms with van der Waals surface area (Å²) in [5.74, 6) is 0.477. The van der Waals surface area contributed by atoms with E-state index in [1.165, 1.54) is 7.11 Å². The summed E-state index contributed by atoms with van der Waals surface area (Å²) in [4.78, 5) is 4.24. The summed E-state index contributed by atoms with van der Waals surface area (Å²) in [6, 6.07) is 11.1. The van der Waals surface area contributed by atoms with Crippen molar-refractivity contribution in [2.45, 2.75) is 0 Å². The standard InChI is InChI=1S/C13H9ClN2O/c1-17-13-8-16-12(6-10(13)7-15)9-2-4-11(14)5-3-9/h2-6,8H,1H3. The van der Waals surface area contributed by atoms with E-state index in [0.717, 1.165) is 11.3 Å². The maximum Gasteiger partial charge on any atom is 0.154 e. The molecule has 84 valence electrons. The van der Waals surface area contributed by atoms with E-state index in [9.17, 15) is 0 Å². The average molecular weight is 245 g/mol. The van der Waals surface area contributed by atoms with Crippen LogP contribution in [0.5, 0.6) is 5.75 Å². The van der Waals surface area contributed by atoms with Crippen LogP contribution < -0.4 is 4.74 Å². The van der Waals surface area contributed by atoms with Crippen molar-refractivity contribution in [1.82, 2.24) is 4.98 Å². The summed E-state index contributed by atoms with van der Waals surface area (Å²) < 4.78 is 5.04. The van der Waals surface area contributed by atoms with Crippen molar-refractivity contribution in [3.05, 3.63) is 47.1 Å². The Morgan fingerprint density at radius 1 is 1.29 bits per heavy atom. The molecule has 0 aliphatic carbocycles. The van der Waals surface area contributed by atoms with Crippen LogP contribution in [0.4, 0.5) is 0 Å². The van der Waals surface area contributed by atoms with Crippen LogP contribution in [0.3, 0.4) is 0 Å². The van der Waals surface area contributed by atoms with Gasteiger partial charge in [-0.2, -0.15) is 5.26 Å². The summed E-state index contributed by atoms with van der Waals surface area (Å²) in [6.45, 7) is 0. The average Bonchev–Trinajstić information content (AvgIpc) is 2.39. The maximum atomic E-state index is 8.99. The Morgan fingerprint density at radius 3 is 2.59 bits per heavy atom. The number of methoxy groups -OCH3 is 1. The molecular weight excluding hydrogens is 236 g/mol. The third kappa shape index (κ3) is 2.38. The van der Waals surface area contributed by atoms with Gasteiger partial charge in [0.2, 0.25) is 0 Å². The van der Waals surface area contributed by atoms with Crippen molar-refractivity contribution < 1.29 is 4.74 Å². The molecule has 0 radical (unpaired) electrons. The van der Waals surface area contributed by atoms with Crippen molar-refractivity contribution in [2.75, 3.05) is 7.11 Å². The SMILES string of the molecule is COc1cnc(-c2ccc(Cl)cc2)cc1C#N. The van der Waals surface area contributed by atoms with Crippen molar-refractivity contribution >= 4 is 11.6 Å². The molecule has 0 unspecified atom stereocenters. The van der Waals surface area contributed by atoms with Crippen molar-refractivity contribution in [2.24, 2.45) is 0 Å². The molecule has 0 atom stereocenters. The molecule has 0 bridgehead atoms. The molecule has 2 aromatic rings. The van der Waals surface area contributed by atoms with Crippen LogP contribution in [0.25, 0.3) is 11.3 Å². The number of ether oxygens (including phenoxy) is 1. The number of rotatable bonds is 2. The van der Waals surface area contributed by atoms with E-state index in [0.29, 0.717) is 16.3 Å². The van der Waals surface area contributed by atoms with E-state index in [1.54, 1.807) is 24.4 Å². The van der Waals surface area contributed by atoms with Gasteiger partial charge in [-0.25, -0.2) is 0 Å². The molecule has 0 saturated carbocycles. The number of halogens is 1. The Labute approximate surface area is 104 Å². The van der Waals surface area contributed by atoms with E-state index in [1.807, 2.05) is 12.1 Å². The van der Waals surface area contributed by atoms with Gasteiger partial charge in [0.25, 0.3) is 0 Å². The highest BCUT2D eigenvalue weighted by molar-refractivity contribution is 6.30. The molecule has 0 fully saturated rings. The third-order valence-electron chi connectivity index (χ3n) is 2.35. The van der Waals surface area contributed by atoms with Crippen molar-refractivity contribution in [3.8, 4) is 23.1 Å². The first kappa shape index (κ1) is 11.4. The predicted octanol–water partition coefficient (Wildman–Crippen LogP) is 3.28. The fourth-order valence-corrected chi connectivity index (χ4v) is 1.60. The molecule has 0 N–H and O–H groups in total. The molecule has 0 saturated heterocycles. The predicted molar refractivity (Wildman–Crippen MR) is 66.0 cm³/mol. The zero-order valence-corrected chi connectivity index (χ0v) is 9.90. The van der Waals surface area contributed by atoms with Crippen LogP contribution in [0, 0.1) is 11.3 Å². The first-order chi connectivity index (χ1) is 8.24. The quantitative estimate of drug-likeness (QED) is 0.814. The lowest BCUT2D eigenvalue weighted by Crippen LogP contribution is -1.91. The van der Waals surface area contributed by atoms with Gasteiger partial charge in [0.05, 0.1) is 24.6 Å². The summed E-state index contributed by atoms with van der Waals surface area (Å²) in [5.41, 5.74) is 2.10. The van der Waals surface area contributed by atoms with Gasteiger partial charge in [-0.15, -0.1) is 0 Å². The molecular formula is C13H9ClN2O. The summed E-state index contributed by atoms with van der Waals surface area (Å²) >= 11 is 5.81. The van der Waals surface area contributed by atoms with E-state index in [4.69, 9.17) is 21.6 Å². The van der Waals surface area contributed by atoms with Crippen LogP contribution in [0.15, 0.2) is 36.5 Å². The number of pyridine rings is 1. The lowest BCUT2D eigenvalue weighted by Gasteiger charge is -2.05. The molecule has 0 amide bonds. The van der Waals surface area contributed by atoms with Crippen LogP contribution in [0.2, 0.25) is 5.02 Å². The Kier molecular flexibility index (Phi) is 3.27. The molecule has 1 aromatic carbocycles. The zero-order valence-electron chi connectivity index (χ0n) is 9.14. The van der Waals surface area contributed by atoms with Gasteiger partial charge in [-0.1, -0.05) is 23.7 Å². The van der Waals surface area contributed by atoms with Crippen LogP contribution in [-0.4, -0.2) is 12.1 Å².